The van der Waals surface area contributed by atoms with E-state index >= 15 is 0 Å². The van der Waals surface area contributed by atoms with Crippen LogP contribution in [0.3, 0.4) is 0 Å². The van der Waals surface area contributed by atoms with Gasteiger partial charge < -0.3 is 4.74 Å². The van der Waals surface area contributed by atoms with Gasteiger partial charge in [-0.05, 0) is 53.0 Å². The molecule has 0 atom stereocenters. The van der Waals surface area contributed by atoms with Crippen molar-refractivity contribution in [3.8, 4) is 11.6 Å². The van der Waals surface area contributed by atoms with E-state index in [1.807, 2.05) is 13.0 Å². The number of halogens is 2. The molecule has 4 heteroatoms. The molecule has 0 unspecified atom stereocenters. The molecular weight excluding hydrogens is 285 g/mol. The van der Waals surface area contributed by atoms with Crippen molar-refractivity contribution in [2.24, 2.45) is 0 Å². The van der Waals surface area contributed by atoms with Gasteiger partial charge in [0, 0.05) is 6.20 Å². The lowest BCUT2D eigenvalue weighted by molar-refractivity contribution is 0.422. The average Bonchev–Trinajstić information content (AvgIpc) is 2.31. The number of aromatic nitrogens is 1. The number of hydrogen-bond acceptors (Lipinski definition) is 2. The van der Waals surface area contributed by atoms with E-state index in [9.17, 15) is 4.39 Å². The van der Waals surface area contributed by atoms with Crippen molar-refractivity contribution < 1.29 is 9.13 Å². The molecule has 1 aromatic carbocycles. The monoisotopic (exact) mass is 295 g/mol. The lowest BCUT2D eigenvalue weighted by atomic mass is 10.2. The molecule has 0 N–H and O–H groups in total. The van der Waals surface area contributed by atoms with Gasteiger partial charge in [-0.3, -0.25) is 0 Å². The Balaban J connectivity index is 2.38. The van der Waals surface area contributed by atoms with Crippen LogP contribution in [0.4, 0.5) is 4.39 Å². The van der Waals surface area contributed by atoms with E-state index in [-0.39, 0.29) is 11.6 Å². The fourth-order valence-electron chi connectivity index (χ4n) is 1.39. The highest BCUT2D eigenvalue weighted by Gasteiger charge is 2.11. The number of aryl methyl sites for hydroxylation is 2. The maximum absolute atomic E-state index is 13.8. The number of pyridine rings is 1. The molecule has 2 nitrogen and oxygen atoms in total. The quantitative estimate of drug-likeness (QED) is 0.820. The maximum Gasteiger partial charge on any atom is 0.234 e. The van der Waals surface area contributed by atoms with Gasteiger partial charge in [0.25, 0.3) is 0 Å². The Morgan fingerprint density at radius 2 is 1.94 bits per heavy atom. The molecule has 0 saturated heterocycles. The molecule has 1 aromatic heterocycles. The van der Waals surface area contributed by atoms with Crippen molar-refractivity contribution in [2.45, 2.75) is 13.8 Å². The summed E-state index contributed by atoms with van der Waals surface area (Å²) in [6.45, 7) is 3.62. The molecule has 0 spiro atoms. The van der Waals surface area contributed by atoms with Crippen molar-refractivity contribution in [3.05, 3.63) is 51.9 Å². The van der Waals surface area contributed by atoms with E-state index < -0.39 is 0 Å². The zero-order valence-corrected chi connectivity index (χ0v) is 11.1. The summed E-state index contributed by atoms with van der Waals surface area (Å²) in [5.74, 6) is 0.195. The van der Waals surface area contributed by atoms with Crippen molar-refractivity contribution >= 4 is 15.9 Å². The first-order chi connectivity index (χ1) is 8.09. The van der Waals surface area contributed by atoms with Crippen LogP contribution in [0.15, 0.2) is 34.9 Å². The Hall–Kier alpha value is -1.42. The number of benzene rings is 1. The molecule has 1 heterocycles. The summed E-state index contributed by atoms with van der Waals surface area (Å²) in [6.07, 6.45) is 1.63. The highest BCUT2D eigenvalue weighted by molar-refractivity contribution is 9.10. The SMILES string of the molecule is Cc1cccc(Oc2nccc(C)c2Br)c1F. The number of hydrogen-bond donors (Lipinski definition) is 0. The zero-order valence-electron chi connectivity index (χ0n) is 9.50. The van der Waals surface area contributed by atoms with Gasteiger partial charge in [0.1, 0.15) is 0 Å². The molecule has 0 aliphatic heterocycles. The van der Waals surface area contributed by atoms with Crippen molar-refractivity contribution in [1.29, 1.82) is 0 Å². The van der Waals surface area contributed by atoms with Crippen LogP contribution in [0.1, 0.15) is 11.1 Å². The highest BCUT2D eigenvalue weighted by atomic mass is 79.9. The van der Waals surface area contributed by atoms with Crippen molar-refractivity contribution in [1.82, 2.24) is 4.98 Å². The summed E-state index contributed by atoms with van der Waals surface area (Å²) in [5, 5.41) is 0. The zero-order chi connectivity index (χ0) is 12.4. The number of nitrogens with zero attached hydrogens (tertiary/aromatic N) is 1. The first-order valence-electron chi connectivity index (χ1n) is 5.13. The Bertz CT molecular complexity index is 508. The molecule has 0 radical (unpaired) electrons. The molecular formula is C13H11BrFNO. The Morgan fingerprint density at radius 3 is 2.71 bits per heavy atom. The van der Waals surface area contributed by atoms with Crippen LogP contribution in [0.2, 0.25) is 0 Å². The largest absolute Gasteiger partial charge is 0.435 e. The minimum atomic E-state index is -0.359. The van der Waals surface area contributed by atoms with E-state index in [1.54, 1.807) is 31.3 Å². The van der Waals surface area contributed by atoms with Crippen LogP contribution in [-0.2, 0) is 0 Å². The van der Waals surface area contributed by atoms with Gasteiger partial charge >= 0.3 is 0 Å². The second kappa shape index (κ2) is 4.84. The lowest BCUT2D eigenvalue weighted by Gasteiger charge is -2.09. The van der Waals surface area contributed by atoms with E-state index in [4.69, 9.17) is 4.74 Å². The van der Waals surface area contributed by atoms with Gasteiger partial charge in [0.05, 0.1) is 4.47 Å². The fourth-order valence-corrected chi connectivity index (χ4v) is 1.71. The van der Waals surface area contributed by atoms with Crippen molar-refractivity contribution in [2.75, 3.05) is 0 Å². The van der Waals surface area contributed by atoms with E-state index in [0.717, 1.165) is 10.0 Å². The first-order valence-corrected chi connectivity index (χ1v) is 5.93. The average molecular weight is 296 g/mol. The van der Waals surface area contributed by atoms with Crippen LogP contribution >= 0.6 is 15.9 Å². The van der Waals surface area contributed by atoms with Gasteiger partial charge in [-0.2, -0.15) is 0 Å². The maximum atomic E-state index is 13.8. The molecule has 17 heavy (non-hydrogen) atoms. The van der Waals surface area contributed by atoms with E-state index in [2.05, 4.69) is 20.9 Å². The van der Waals surface area contributed by atoms with E-state index in [0.29, 0.717) is 11.4 Å². The molecule has 2 aromatic rings. The smallest absolute Gasteiger partial charge is 0.234 e. The summed E-state index contributed by atoms with van der Waals surface area (Å²) in [4.78, 5) is 4.07. The van der Waals surface area contributed by atoms with Crippen LogP contribution in [0, 0.1) is 19.7 Å². The van der Waals surface area contributed by atoms with Gasteiger partial charge in [0.15, 0.2) is 11.6 Å². The van der Waals surface area contributed by atoms with Gasteiger partial charge in [-0.1, -0.05) is 12.1 Å². The third kappa shape index (κ3) is 2.47. The van der Waals surface area contributed by atoms with Crippen LogP contribution in [-0.4, -0.2) is 4.98 Å². The molecule has 0 bridgehead atoms. The second-order valence-corrected chi connectivity index (χ2v) is 4.53. The molecule has 2 rings (SSSR count). The predicted molar refractivity (Wildman–Crippen MR) is 67.9 cm³/mol. The highest BCUT2D eigenvalue weighted by Crippen LogP contribution is 2.31. The molecule has 0 fully saturated rings. The minimum Gasteiger partial charge on any atom is -0.435 e. The summed E-state index contributed by atoms with van der Waals surface area (Å²) in [5.41, 5.74) is 1.54. The third-order valence-electron chi connectivity index (χ3n) is 2.41. The van der Waals surface area contributed by atoms with Crippen LogP contribution in [0.5, 0.6) is 11.6 Å². The summed E-state index contributed by atoms with van der Waals surface area (Å²) >= 11 is 3.37. The number of rotatable bonds is 2. The summed E-state index contributed by atoms with van der Waals surface area (Å²) in [7, 11) is 0. The first kappa shape index (κ1) is 12.0. The van der Waals surface area contributed by atoms with Gasteiger partial charge in [-0.15, -0.1) is 0 Å². The predicted octanol–water partition coefficient (Wildman–Crippen LogP) is 4.39. The molecule has 0 aliphatic rings. The molecule has 0 amide bonds. The lowest BCUT2D eigenvalue weighted by Crippen LogP contribution is -1.94. The summed E-state index contributed by atoms with van der Waals surface area (Å²) < 4.78 is 20.0. The Kier molecular flexibility index (Phi) is 3.43. The summed E-state index contributed by atoms with van der Waals surface area (Å²) in [6, 6.07) is 6.88. The third-order valence-corrected chi connectivity index (χ3v) is 3.38. The van der Waals surface area contributed by atoms with Gasteiger partial charge in [0.2, 0.25) is 5.88 Å². The Labute approximate surface area is 108 Å². The normalized spacial score (nSPS) is 10.4. The van der Waals surface area contributed by atoms with E-state index in [1.165, 1.54) is 0 Å². The fraction of sp³-hybridized carbons (Fsp3) is 0.154. The standard InChI is InChI=1S/C13H11BrFNO/c1-8-6-7-16-13(11(8)14)17-10-5-3-4-9(2)12(10)15/h3-7H,1-2H3. The van der Waals surface area contributed by atoms with Crippen molar-refractivity contribution in [3.63, 3.8) is 0 Å². The Morgan fingerprint density at radius 1 is 1.18 bits per heavy atom. The second-order valence-electron chi connectivity index (χ2n) is 3.74. The van der Waals surface area contributed by atoms with Crippen LogP contribution < -0.4 is 4.74 Å². The van der Waals surface area contributed by atoms with Gasteiger partial charge in [-0.25, -0.2) is 9.37 Å². The van der Waals surface area contributed by atoms with Crippen LogP contribution in [0.25, 0.3) is 0 Å². The molecule has 88 valence electrons. The molecule has 0 aliphatic carbocycles. The topological polar surface area (TPSA) is 22.1 Å². The minimum absolute atomic E-state index is 0.184. The molecule has 0 saturated carbocycles. The number of ether oxygens (including phenoxy) is 1.